The van der Waals surface area contributed by atoms with Gasteiger partial charge in [-0.05, 0) is 129 Å². The number of likely N-dealkylation sites (tertiary alicyclic amines) is 1. The number of carbonyl (C=O) groups excluding carboxylic acids is 2. The molecule has 0 aromatic heterocycles. The molecule has 0 aromatic carbocycles. The Balaban J connectivity index is 2.50. The van der Waals surface area contributed by atoms with Gasteiger partial charge in [0, 0.05) is 32.5 Å². The smallest absolute Gasteiger partial charge is 0.305 e. The minimum absolute atomic E-state index is 0.111. The summed E-state index contributed by atoms with van der Waals surface area (Å²) in [6.07, 6.45) is 43.6. The van der Waals surface area contributed by atoms with Crippen molar-refractivity contribution in [2.45, 2.75) is 194 Å². The summed E-state index contributed by atoms with van der Waals surface area (Å²) >= 11 is 0. The molecule has 1 atom stereocenters. The maximum atomic E-state index is 13.0. The van der Waals surface area contributed by atoms with Crippen LogP contribution in [-0.4, -0.2) is 75.8 Å². The Kier molecular flexibility index (Phi) is 38.7. The fraction of sp³-hybridized carbons (Fsp3) is 0.765. The fourth-order valence-corrected chi connectivity index (χ4v) is 6.78. The van der Waals surface area contributed by atoms with Gasteiger partial charge >= 0.3 is 11.9 Å². The summed E-state index contributed by atoms with van der Waals surface area (Å²) in [6, 6.07) is 0. The van der Waals surface area contributed by atoms with Gasteiger partial charge in [0.05, 0.1) is 24.7 Å². The van der Waals surface area contributed by atoms with Crippen LogP contribution in [0.15, 0.2) is 60.9 Å². The summed E-state index contributed by atoms with van der Waals surface area (Å²) in [6.45, 7) is 15.8. The van der Waals surface area contributed by atoms with Crippen molar-refractivity contribution < 1.29 is 33.3 Å². The van der Waals surface area contributed by atoms with Gasteiger partial charge in [-0.2, -0.15) is 0 Å². The van der Waals surface area contributed by atoms with Crippen molar-refractivity contribution in [3.05, 3.63) is 60.9 Å². The quantitative estimate of drug-likeness (QED) is 0.0198. The Morgan fingerprint density at radius 2 is 1.07 bits per heavy atom. The number of carbonyl (C=O) groups is 2. The molecule has 1 aliphatic rings. The molecule has 59 heavy (non-hydrogen) atoms. The second kappa shape index (κ2) is 42.0. The van der Waals surface area contributed by atoms with Crippen LogP contribution in [0.25, 0.3) is 0 Å². The van der Waals surface area contributed by atoms with Crippen molar-refractivity contribution >= 4 is 11.9 Å². The first-order valence-electron chi connectivity index (χ1n) is 24.2. The zero-order valence-electron chi connectivity index (χ0n) is 38.3. The largest absolute Gasteiger partial charge is 0.498 e. The number of hydrogen-bond acceptors (Lipinski definition) is 8. The molecule has 1 saturated heterocycles. The number of unbranched alkanes of at least 4 members (excludes halogenated alkanes) is 12. The average Bonchev–Trinajstić information content (AvgIpc) is 3.76. The number of nitrogens with zero attached hydrogens (tertiary/aromatic N) is 1. The molecule has 0 aromatic rings. The third kappa shape index (κ3) is 36.9. The van der Waals surface area contributed by atoms with E-state index in [2.05, 4.69) is 80.9 Å². The van der Waals surface area contributed by atoms with E-state index in [1.165, 1.54) is 64.5 Å². The summed E-state index contributed by atoms with van der Waals surface area (Å²) in [7, 11) is 0. The van der Waals surface area contributed by atoms with E-state index in [0.29, 0.717) is 26.1 Å². The second-order valence-corrected chi connectivity index (χ2v) is 16.2. The van der Waals surface area contributed by atoms with E-state index in [9.17, 15) is 9.59 Å². The fourth-order valence-electron chi connectivity index (χ4n) is 6.78. The monoisotopic (exact) mass is 828 g/mol. The first-order chi connectivity index (χ1) is 29.0. The van der Waals surface area contributed by atoms with Crippen molar-refractivity contribution in [1.29, 1.82) is 0 Å². The molecule has 1 aliphatic heterocycles. The highest BCUT2D eigenvalue weighted by Crippen LogP contribution is 2.15. The molecule has 8 nitrogen and oxygen atoms in total. The van der Waals surface area contributed by atoms with Crippen LogP contribution in [0.3, 0.4) is 0 Å². The van der Waals surface area contributed by atoms with Crippen LogP contribution in [0.5, 0.6) is 0 Å². The van der Waals surface area contributed by atoms with Crippen molar-refractivity contribution in [1.82, 2.24) is 4.90 Å². The molecule has 0 saturated carbocycles. The number of hydrogen-bond donors (Lipinski definition) is 0. The standard InChI is InChI=1S/C51H89NO7/c1-5-8-11-14-17-18-19-20-21-22-23-24-25-26-29-36-49(53)58-45-48(44-57-47(4)35-34-41-52-39-30-31-40-52)46-59-50(54)37-38-51(55-42-32-27-15-12-9-6-2)56-43-33-28-16-13-10-7-3/h9-10,12-13,17-18,20-21,48,51H,4-8,11,14-16,19,22-46H2,1-3H3/b12-9-,13-10-,18-17-,21-20-. The summed E-state index contributed by atoms with van der Waals surface area (Å²) in [5, 5.41) is 0. The predicted octanol–water partition coefficient (Wildman–Crippen LogP) is 13.3. The van der Waals surface area contributed by atoms with Crippen molar-refractivity contribution in [3.63, 3.8) is 0 Å². The molecule has 0 aliphatic carbocycles. The van der Waals surface area contributed by atoms with Crippen LogP contribution in [0.1, 0.15) is 188 Å². The molecular formula is C51H89NO7. The molecule has 8 heteroatoms. The van der Waals surface area contributed by atoms with Crippen LogP contribution >= 0.6 is 0 Å². The lowest BCUT2D eigenvalue weighted by atomic mass is 10.1. The SMILES string of the molecule is C=C(CCCN1CCCC1)OCC(COC(=O)CCCCCCC/C=C\C/C=C\CCCCC)COC(=O)CCC(OCCCC/C=C\CC)OCCCC/C=C\CC. The summed E-state index contributed by atoms with van der Waals surface area (Å²) < 4.78 is 29.7. The minimum Gasteiger partial charge on any atom is -0.498 e. The van der Waals surface area contributed by atoms with Gasteiger partial charge in [0.2, 0.25) is 0 Å². The zero-order chi connectivity index (χ0) is 42.7. The molecule has 0 amide bonds. The van der Waals surface area contributed by atoms with Crippen LogP contribution in [0.2, 0.25) is 0 Å². The van der Waals surface area contributed by atoms with Crippen LogP contribution in [-0.2, 0) is 33.3 Å². The highest BCUT2D eigenvalue weighted by molar-refractivity contribution is 5.69. The number of esters is 2. The number of ether oxygens (including phenoxy) is 5. The molecule has 0 radical (unpaired) electrons. The van der Waals surface area contributed by atoms with E-state index in [0.717, 1.165) is 109 Å². The molecular weight excluding hydrogens is 739 g/mol. The van der Waals surface area contributed by atoms with E-state index < -0.39 is 6.29 Å². The lowest BCUT2D eigenvalue weighted by Crippen LogP contribution is -2.26. The van der Waals surface area contributed by atoms with E-state index >= 15 is 0 Å². The molecule has 0 spiro atoms. The molecule has 1 unspecified atom stereocenters. The Bertz CT molecular complexity index is 1090. The lowest BCUT2D eigenvalue weighted by molar-refractivity contribution is -0.161. The van der Waals surface area contributed by atoms with Crippen LogP contribution in [0.4, 0.5) is 0 Å². The van der Waals surface area contributed by atoms with Gasteiger partial charge in [-0.25, -0.2) is 0 Å². The average molecular weight is 828 g/mol. The van der Waals surface area contributed by atoms with Gasteiger partial charge < -0.3 is 28.6 Å². The maximum absolute atomic E-state index is 13.0. The van der Waals surface area contributed by atoms with Crippen molar-refractivity contribution in [3.8, 4) is 0 Å². The van der Waals surface area contributed by atoms with E-state index in [1.807, 2.05) is 0 Å². The summed E-state index contributed by atoms with van der Waals surface area (Å²) in [5.41, 5.74) is 0. The minimum atomic E-state index is -0.446. The second-order valence-electron chi connectivity index (χ2n) is 16.2. The number of rotatable bonds is 42. The van der Waals surface area contributed by atoms with Gasteiger partial charge in [0.25, 0.3) is 0 Å². The lowest BCUT2D eigenvalue weighted by Gasteiger charge is -2.21. The van der Waals surface area contributed by atoms with Gasteiger partial charge in [0.1, 0.15) is 13.2 Å². The summed E-state index contributed by atoms with van der Waals surface area (Å²) in [4.78, 5) is 28.2. The first kappa shape index (κ1) is 54.3. The Hall–Kier alpha value is -2.68. The molecule has 1 rings (SSSR count). The summed E-state index contributed by atoms with van der Waals surface area (Å²) in [5.74, 6) is -0.0922. The van der Waals surface area contributed by atoms with Crippen LogP contribution in [0, 0.1) is 5.92 Å². The Labute approximate surface area is 362 Å². The highest BCUT2D eigenvalue weighted by atomic mass is 16.7. The third-order valence-corrected chi connectivity index (χ3v) is 10.5. The zero-order valence-corrected chi connectivity index (χ0v) is 38.3. The van der Waals surface area contributed by atoms with Gasteiger partial charge in [-0.15, -0.1) is 0 Å². The van der Waals surface area contributed by atoms with Crippen molar-refractivity contribution in [2.75, 3.05) is 52.7 Å². The third-order valence-electron chi connectivity index (χ3n) is 10.5. The van der Waals surface area contributed by atoms with E-state index in [1.54, 1.807) is 0 Å². The first-order valence-corrected chi connectivity index (χ1v) is 24.2. The van der Waals surface area contributed by atoms with Gasteiger partial charge in [0.15, 0.2) is 6.29 Å². The van der Waals surface area contributed by atoms with Crippen molar-refractivity contribution in [2.24, 2.45) is 5.92 Å². The van der Waals surface area contributed by atoms with Gasteiger partial charge in [-0.1, -0.05) is 108 Å². The van der Waals surface area contributed by atoms with E-state index in [4.69, 9.17) is 23.7 Å². The normalized spacial score (nSPS) is 14.2. The number of allylic oxidation sites excluding steroid dienone is 9. The van der Waals surface area contributed by atoms with Gasteiger partial charge in [-0.3, -0.25) is 9.59 Å². The Morgan fingerprint density at radius 1 is 0.559 bits per heavy atom. The molecule has 1 heterocycles. The molecule has 1 fully saturated rings. The molecule has 0 N–H and O–H groups in total. The van der Waals surface area contributed by atoms with Crippen LogP contribution < -0.4 is 0 Å². The molecule has 0 bridgehead atoms. The predicted molar refractivity (Wildman–Crippen MR) is 246 cm³/mol. The highest BCUT2D eigenvalue weighted by Gasteiger charge is 2.19. The molecule has 340 valence electrons. The van der Waals surface area contributed by atoms with E-state index in [-0.39, 0.29) is 44.1 Å². The maximum Gasteiger partial charge on any atom is 0.305 e. The Morgan fingerprint density at radius 3 is 1.66 bits per heavy atom. The topological polar surface area (TPSA) is 83.5 Å².